The summed E-state index contributed by atoms with van der Waals surface area (Å²) in [7, 11) is -7.98. The monoisotopic (exact) mass is 366 g/mol. The number of hydrogen-bond donors (Lipinski definition) is 1. The van der Waals surface area contributed by atoms with Crippen molar-refractivity contribution >= 4 is 30.1 Å². The van der Waals surface area contributed by atoms with Crippen LogP contribution in [0.25, 0.3) is 0 Å². The van der Waals surface area contributed by atoms with Gasteiger partial charge in [0.05, 0.1) is 0 Å². The Kier molecular flexibility index (Phi) is 6.26. The molecule has 1 unspecified atom stereocenters. The highest BCUT2D eigenvalue weighted by Crippen LogP contribution is 2.41. The summed E-state index contributed by atoms with van der Waals surface area (Å²) in [4.78, 5) is 7.16. The molecular weight excluding hydrogens is 356 g/mol. The minimum atomic E-state index is -4.68. The predicted octanol–water partition coefficient (Wildman–Crippen LogP) is 2.67. The largest absolute Gasteiger partial charge is 0.446 e. The molecule has 21 heavy (non-hydrogen) atoms. The van der Waals surface area contributed by atoms with Gasteiger partial charge in [-0.1, -0.05) is 12.1 Å². The predicted molar refractivity (Wildman–Crippen MR) is 68.5 cm³/mol. The number of aryl methyl sites for hydroxylation is 1. The first-order chi connectivity index (χ1) is 9.53. The topological polar surface area (TPSA) is 89.9 Å². The molecule has 6 nitrogen and oxygen atoms in total. The fourth-order valence-corrected chi connectivity index (χ4v) is 3.74. The van der Waals surface area contributed by atoms with Crippen LogP contribution < -0.4 is 0 Å². The molecule has 120 valence electrons. The Labute approximate surface area is 123 Å². The quantitative estimate of drug-likeness (QED) is 0.358. The highest BCUT2D eigenvalue weighted by atomic mass is 32.2. The highest BCUT2D eigenvalue weighted by Gasteiger charge is 2.33. The molecule has 0 fully saturated rings. The summed E-state index contributed by atoms with van der Waals surface area (Å²) >= 11 is -0.597. The van der Waals surface area contributed by atoms with E-state index in [4.69, 9.17) is 4.89 Å². The van der Waals surface area contributed by atoms with Crippen molar-refractivity contribution in [2.24, 2.45) is 0 Å². The standard InChI is InChI=1S/C9H10F3O6PS2/c1-6-3-2-4-7(20-9(10,11)12)8(6)21(15,16)18-5-17-19(13)14/h2-4,19H,5H2,1H3,(H,13,14). The highest BCUT2D eigenvalue weighted by molar-refractivity contribution is 8.00. The van der Waals surface area contributed by atoms with E-state index in [2.05, 4.69) is 8.71 Å². The normalized spacial score (nSPS) is 14.1. The van der Waals surface area contributed by atoms with Crippen molar-refractivity contribution in [2.45, 2.75) is 22.2 Å². The van der Waals surface area contributed by atoms with Crippen LogP contribution >= 0.6 is 20.0 Å². The van der Waals surface area contributed by atoms with E-state index in [9.17, 15) is 26.2 Å². The smallest absolute Gasteiger partial charge is 0.326 e. The number of alkyl halides is 3. The van der Waals surface area contributed by atoms with Gasteiger partial charge in [-0.2, -0.15) is 21.6 Å². The van der Waals surface area contributed by atoms with E-state index in [1.807, 2.05) is 0 Å². The van der Waals surface area contributed by atoms with Crippen LogP contribution in [0.4, 0.5) is 13.2 Å². The summed E-state index contributed by atoms with van der Waals surface area (Å²) in [5.41, 5.74) is -4.63. The molecule has 1 rings (SSSR count). The maximum Gasteiger partial charge on any atom is 0.446 e. The van der Waals surface area contributed by atoms with Gasteiger partial charge in [0.2, 0.25) is 0 Å². The SMILES string of the molecule is Cc1cccc(SC(F)(F)F)c1S(=O)(=O)OCO[PH](=O)O. The van der Waals surface area contributed by atoms with Crippen LogP contribution in [-0.2, 0) is 23.4 Å². The van der Waals surface area contributed by atoms with Gasteiger partial charge in [0.15, 0.2) is 6.79 Å². The Morgan fingerprint density at radius 1 is 1.38 bits per heavy atom. The van der Waals surface area contributed by atoms with Gasteiger partial charge in [-0.3, -0.25) is 9.09 Å². The van der Waals surface area contributed by atoms with Crippen molar-refractivity contribution in [3.63, 3.8) is 0 Å². The molecule has 0 aliphatic rings. The summed E-state index contributed by atoms with van der Waals surface area (Å²) in [6.45, 7) is 0.230. The van der Waals surface area contributed by atoms with Crippen LogP contribution in [0, 0.1) is 6.92 Å². The van der Waals surface area contributed by atoms with Crippen molar-refractivity contribution in [1.29, 1.82) is 0 Å². The van der Waals surface area contributed by atoms with Crippen LogP contribution in [0.2, 0.25) is 0 Å². The van der Waals surface area contributed by atoms with Gasteiger partial charge in [0, 0.05) is 4.90 Å². The molecule has 12 heteroatoms. The fraction of sp³-hybridized carbons (Fsp3) is 0.333. The third kappa shape index (κ3) is 5.97. The number of thioether (sulfide) groups is 1. The third-order valence-electron chi connectivity index (χ3n) is 2.04. The number of hydrogen-bond acceptors (Lipinski definition) is 6. The Hall–Kier alpha value is -0.580. The second-order valence-corrected chi connectivity index (χ2v) is 7.03. The van der Waals surface area contributed by atoms with Crippen LogP contribution in [0.15, 0.2) is 28.0 Å². The second kappa shape index (κ2) is 7.12. The molecule has 1 aromatic rings. The van der Waals surface area contributed by atoms with Crippen molar-refractivity contribution < 1.29 is 39.8 Å². The molecule has 0 saturated heterocycles. The summed E-state index contributed by atoms with van der Waals surface area (Å²) in [5, 5.41) is 0. The summed E-state index contributed by atoms with van der Waals surface area (Å²) < 4.78 is 79.7. The maximum absolute atomic E-state index is 12.4. The fourth-order valence-electron chi connectivity index (χ4n) is 1.35. The summed E-state index contributed by atoms with van der Waals surface area (Å²) in [6.07, 6.45) is 0. The first-order valence-electron chi connectivity index (χ1n) is 5.13. The molecule has 0 aromatic heterocycles. The Balaban J connectivity index is 3.12. The lowest BCUT2D eigenvalue weighted by Gasteiger charge is -2.13. The summed E-state index contributed by atoms with van der Waals surface area (Å²) in [6, 6.07) is 3.55. The Bertz CT molecular complexity index is 631. The van der Waals surface area contributed by atoms with Gasteiger partial charge in [-0.15, -0.1) is 0 Å². The molecule has 0 bridgehead atoms. The molecule has 0 heterocycles. The van der Waals surface area contributed by atoms with E-state index in [0.717, 1.165) is 6.07 Å². The first kappa shape index (κ1) is 18.5. The minimum Gasteiger partial charge on any atom is -0.326 e. The van der Waals surface area contributed by atoms with Crippen molar-refractivity contribution in [2.75, 3.05) is 6.79 Å². The van der Waals surface area contributed by atoms with E-state index in [-0.39, 0.29) is 5.56 Å². The second-order valence-electron chi connectivity index (χ2n) is 3.55. The van der Waals surface area contributed by atoms with Gasteiger partial charge in [-0.25, -0.2) is 4.18 Å². The minimum absolute atomic E-state index is 0.0425. The van der Waals surface area contributed by atoms with Gasteiger partial charge in [0.25, 0.3) is 0 Å². The molecule has 0 aliphatic heterocycles. The van der Waals surface area contributed by atoms with Crippen molar-refractivity contribution in [3.8, 4) is 0 Å². The molecule has 0 saturated carbocycles. The molecule has 0 radical (unpaired) electrons. The zero-order valence-electron chi connectivity index (χ0n) is 10.4. The third-order valence-corrected chi connectivity index (χ3v) is 4.77. The van der Waals surface area contributed by atoms with E-state index < -0.39 is 52.2 Å². The molecule has 1 aromatic carbocycles. The average molecular weight is 366 g/mol. The molecule has 0 spiro atoms. The van der Waals surface area contributed by atoms with Gasteiger partial charge >= 0.3 is 23.9 Å². The number of rotatable bonds is 6. The van der Waals surface area contributed by atoms with Gasteiger partial charge in [0.1, 0.15) is 4.90 Å². The average Bonchev–Trinajstić information content (AvgIpc) is 2.25. The van der Waals surface area contributed by atoms with Crippen LogP contribution in [-0.4, -0.2) is 25.6 Å². The lowest BCUT2D eigenvalue weighted by atomic mass is 10.2. The number of halogens is 3. The Morgan fingerprint density at radius 3 is 2.52 bits per heavy atom. The lowest BCUT2D eigenvalue weighted by molar-refractivity contribution is -0.0329. The Morgan fingerprint density at radius 2 is 2.00 bits per heavy atom. The summed E-state index contributed by atoms with van der Waals surface area (Å²) in [5.74, 6) is 0. The lowest BCUT2D eigenvalue weighted by Crippen LogP contribution is -2.12. The maximum atomic E-state index is 12.4. The molecule has 0 aliphatic carbocycles. The van der Waals surface area contributed by atoms with Gasteiger partial charge < -0.3 is 4.89 Å². The van der Waals surface area contributed by atoms with E-state index in [0.29, 0.717) is 0 Å². The molecule has 1 N–H and O–H groups in total. The zero-order chi connectivity index (χ0) is 16.3. The molecular formula is C9H10F3O6PS2. The molecule has 0 amide bonds. The van der Waals surface area contributed by atoms with Crippen LogP contribution in [0.3, 0.4) is 0 Å². The number of benzene rings is 1. The van der Waals surface area contributed by atoms with Crippen molar-refractivity contribution in [1.82, 2.24) is 0 Å². The van der Waals surface area contributed by atoms with Gasteiger partial charge in [-0.05, 0) is 30.3 Å². The van der Waals surface area contributed by atoms with E-state index >= 15 is 0 Å². The van der Waals surface area contributed by atoms with E-state index in [1.165, 1.54) is 19.1 Å². The van der Waals surface area contributed by atoms with Crippen LogP contribution in [0.5, 0.6) is 0 Å². The first-order valence-corrected chi connectivity index (χ1v) is 8.62. The van der Waals surface area contributed by atoms with Crippen LogP contribution in [0.1, 0.15) is 5.56 Å². The van der Waals surface area contributed by atoms with E-state index in [1.54, 1.807) is 0 Å². The molecule has 1 atom stereocenters. The zero-order valence-corrected chi connectivity index (χ0v) is 13.0. The van der Waals surface area contributed by atoms with Crippen molar-refractivity contribution in [3.05, 3.63) is 23.8 Å².